The Bertz CT molecular complexity index is 5620. The summed E-state index contributed by atoms with van der Waals surface area (Å²) in [6.45, 7) is 13.0. The Hall–Kier alpha value is -13.2. The number of aromatic nitrogens is 2. The second-order valence-electron chi connectivity index (χ2n) is 26.4. The molecule has 0 spiro atoms. The molecule has 0 bridgehead atoms. The molecule has 16 rings (SSSR count). The van der Waals surface area contributed by atoms with Crippen molar-refractivity contribution in [1.29, 1.82) is 0 Å². The molecule has 14 aromatic carbocycles. The molecule has 104 heavy (non-hydrogen) atoms. The Balaban J connectivity index is 0.000000169. The predicted molar refractivity (Wildman–Crippen MR) is 448 cm³/mol. The number of rotatable bonds is 18. The number of hydrogen-bond acceptors (Lipinski definition) is 6. The van der Waals surface area contributed by atoms with Gasteiger partial charge in [-0.05, 0) is 252 Å². The maximum Gasteiger partial charge on any atom is 0.0541 e. The van der Waals surface area contributed by atoms with Gasteiger partial charge in [0.2, 0.25) is 0 Å². The van der Waals surface area contributed by atoms with Gasteiger partial charge in [-0.3, -0.25) is 9.97 Å². The maximum atomic E-state index is 4.38. The molecule has 0 radical (unpaired) electrons. The van der Waals surface area contributed by atoms with Gasteiger partial charge in [0.05, 0.1) is 22.7 Å². The highest BCUT2D eigenvalue weighted by molar-refractivity contribution is 6.25. The number of aryl methyl sites for hydroxylation is 4. The van der Waals surface area contributed by atoms with Crippen LogP contribution in [0.5, 0.6) is 0 Å². The van der Waals surface area contributed by atoms with Crippen LogP contribution in [-0.2, 0) is 0 Å². The van der Waals surface area contributed by atoms with Crippen molar-refractivity contribution >= 4 is 148 Å². The van der Waals surface area contributed by atoms with Crippen molar-refractivity contribution in [2.45, 2.75) is 41.5 Å². The molecule has 0 aliphatic rings. The minimum atomic E-state index is 1.03. The van der Waals surface area contributed by atoms with Gasteiger partial charge < -0.3 is 19.6 Å². The number of para-hydroxylation sites is 6. The first-order valence-corrected chi connectivity index (χ1v) is 35.6. The van der Waals surface area contributed by atoms with E-state index in [0.717, 1.165) is 102 Å². The Kier molecular flexibility index (Phi) is 19.5. The summed E-state index contributed by atoms with van der Waals surface area (Å²) in [7, 11) is 0. The fourth-order valence-corrected chi connectivity index (χ4v) is 14.5. The molecule has 16 aromatic rings. The normalized spacial score (nSPS) is 11.6. The number of hydrogen-bond donors (Lipinski definition) is 0. The summed E-state index contributed by atoms with van der Waals surface area (Å²) < 4.78 is 0. The van der Waals surface area contributed by atoms with E-state index >= 15 is 0 Å². The molecule has 0 atom stereocenters. The van der Waals surface area contributed by atoms with Gasteiger partial charge in [0.15, 0.2) is 0 Å². The first-order chi connectivity index (χ1) is 51.1. The van der Waals surface area contributed by atoms with E-state index in [0.29, 0.717) is 0 Å². The number of fused-ring (bicyclic) bond motifs is 1. The first kappa shape index (κ1) is 66.7. The first-order valence-electron chi connectivity index (χ1n) is 35.6. The van der Waals surface area contributed by atoms with E-state index in [2.05, 4.69) is 423 Å². The lowest BCUT2D eigenvalue weighted by atomic mass is 9.87. The zero-order valence-electron chi connectivity index (χ0n) is 59.5. The molecule has 0 N–H and O–H groups in total. The second-order valence-corrected chi connectivity index (χ2v) is 26.4. The molecule has 0 saturated heterocycles. The molecule has 0 aliphatic carbocycles. The van der Waals surface area contributed by atoms with Crippen LogP contribution in [0.2, 0.25) is 0 Å². The van der Waals surface area contributed by atoms with Crippen molar-refractivity contribution in [3.8, 4) is 0 Å². The Morgan fingerprint density at radius 3 is 0.933 bits per heavy atom. The van der Waals surface area contributed by atoms with Gasteiger partial charge in [0.1, 0.15) is 0 Å². The van der Waals surface area contributed by atoms with E-state index in [4.69, 9.17) is 0 Å². The Morgan fingerprint density at radius 1 is 0.240 bits per heavy atom. The largest absolute Gasteiger partial charge is 0.310 e. The summed E-state index contributed by atoms with van der Waals surface area (Å²) >= 11 is 0. The van der Waals surface area contributed by atoms with Crippen LogP contribution in [0.4, 0.5) is 68.2 Å². The summed E-state index contributed by atoms with van der Waals surface area (Å²) in [5, 5.41) is 10.4. The minimum Gasteiger partial charge on any atom is -0.310 e. The number of benzene rings is 14. The molecule has 0 amide bonds. The van der Waals surface area contributed by atoms with Crippen LogP contribution in [0, 0.1) is 27.7 Å². The summed E-state index contributed by atoms with van der Waals surface area (Å²) in [5.74, 6) is 0. The van der Waals surface area contributed by atoms with E-state index in [1.54, 1.807) is 0 Å². The van der Waals surface area contributed by atoms with Crippen LogP contribution in [0.25, 0.3) is 79.5 Å². The van der Waals surface area contributed by atoms with E-state index < -0.39 is 0 Å². The zero-order valence-corrected chi connectivity index (χ0v) is 59.5. The van der Waals surface area contributed by atoms with E-state index in [-0.39, 0.29) is 0 Å². The molecule has 502 valence electrons. The van der Waals surface area contributed by atoms with E-state index in [1.807, 2.05) is 24.8 Å². The van der Waals surface area contributed by atoms with Gasteiger partial charge in [-0.25, -0.2) is 0 Å². The molecular formula is C98H80N6. The van der Waals surface area contributed by atoms with Gasteiger partial charge in [-0.15, -0.1) is 0 Å². The van der Waals surface area contributed by atoms with Crippen molar-refractivity contribution in [1.82, 2.24) is 9.97 Å². The zero-order chi connectivity index (χ0) is 70.9. The summed E-state index contributed by atoms with van der Waals surface area (Å²) in [4.78, 5) is 18.1. The third kappa shape index (κ3) is 14.1. The lowest BCUT2D eigenvalue weighted by molar-refractivity contribution is 1.22. The fourth-order valence-electron chi connectivity index (χ4n) is 14.5. The number of nitrogens with zero attached hydrogens (tertiary/aromatic N) is 6. The molecule has 0 saturated carbocycles. The van der Waals surface area contributed by atoms with Crippen molar-refractivity contribution < 1.29 is 0 Å². The van der Waals surface area contributed by atoms with Crippen molar-refractivity contribution in [2.24, 2.45) is 0 Å². The molecule has 6 nitrogen and oxygen atoms in total. The molecule has 2 aromatic heterocycles. The summed E-state index contributed by atoms with van der Waals surface area (Å²) in [6, 6.07) is 109. The van der Waals surface area contributed by atoms with Gasteiger partial charge >= 0.3 is 0 Å². The van der Waals surface area contributed by atoms with E-state index in [9.17, 15) is 0 Å². The molecule has 0 unspecified atom stereocenters. The van der Waals surface area contributed by atoms with Crippen LogP contribution >= 0.6 is 0 Å². The third-order valence-electron chi connectivity index (χ3n) is 19.2. The monoisotopic (exact) mass is 1340 g/mol. The molecule has 6 heteroatoms. The summed E-state index contributed by atoms with van der Waals surface area (Å²) in [5.41, 5.74) is 24.7. The highest BCUT2D eigenvalue weighted by Gasteiger charge is 2.25. The number of anilines is 12. The smallest absolute Gasteiger partial charge is 0.0541 e. The Morgan fingerprint density at radius 2 is 0.548 bits per heavy atom. The topological polar surface area (TPSA) is 38.7 Å². The van der Waals surface area contributed by atoms with Crippen molar-refractivity contribution in [3.63, 3.8) is 0 Å². The number of pyridine rings is 2. The van der Waals surface area contributed by atoms with Crippen LogP contribution < -0.4 is 19.6 Å². The highest BCUT2D eigenvalue weighted by atomic mass is 15.2. The average molecular weight is 1340 g/mol. The highest BCUT2D eigenvalue weighted by Crippen LogP contribution is 2.48. The molecule has 2 heterocycles. The number of allylic oxidation sites excluding steroid dienone is 2. The molecule has 0 fully saturated rings. The average Bonchev–Trinajstić information content (AvgIpc) is 0.745. The standard InChI is InChI=1S/C52H42N4.C46H38N2/c1-5-12-39-33-50(56(44-15-10-7-11-16-44)46-21-25-54-26-22-46)40(34-49(39)55(43-13-8-6-9-14-43)45-19-23-53-24-20-45)18-17-38-31-42-30-36(3)47-28-35(2)27-41-29-37(4)48(32-38)52(42)51(41)47;1-3-16-39-33-46(48(43-21-12-6-13-22-43)44-23-14-7-15-24-44)40(30-27-36-26-29-37-31-35(2)25-28-38(37)32-36)34-45(39)47(41-17-8-4-9-18-41)42-19-10-5-11-20-42/h5-34H,1-4H3;3-34H,1-2H3/b12-5+,18-17+;16-3+,30-27+. The minimum absolute atomic E-state index is 1.03. The maximum absolute atomic E-state index is 4.38. The van der Waals surface area contributed by atoms with Crippen molar-refractivity contribution in [3.05, 3.63) is 396 Å². The van der Waals surface area contributed by atoms with Crippen LogP contribution in [-0.4, -0.2) is 9.97 Å². The quantitative estimate of drug-likeness (QED) is 0.0630. The lowest BCUT2D eigenvalue weighted by Gasteiger charge is -2.31. The van der Waals surface area contributed by atoms with Crippen molar-refractivity contribution in [2.75, 3.05) is 19.6 Å². The lowest BCUT2D eigenvalue weighted by Crippen LogP contribution is -2.15. The van der Waals surface area contributed by atoms with Crippen LogP contribution in [0.15, 0.2) is 340 Å². The summed E-state index contributed by atoms with van der Waals surface area (Å²) in [6.07, 6.45) is 25.1. The predicted octanol–water partition coefficient (Wildman–Crippen LogP) is 27.7. The molecular weight excluding hydrogens is 1260 g/mol. The van der Waals surface area contributed by atoms with Gasteiger partial charge in [-0.1, -0.05) is 218 Å². The Labute approximate surface area is 611 Å². The molecule has 0 aliphatic heterocycles. The van der Waals surface area contributed by atoms with Gasteiger partial charge in [0, 0.05) is 92.5 Å². The van der Waals surface area contributed by atoms with Crippen LogP contribution in [0.3, 0.4) is 0 Å². The van der Waals surface area contributed by atoms with Gasteiger partial charge in [-0.2, -0.15) is 0 Å². The van der Waals surface area contributed by atoms with Gasteiger partial charge in [0.25, 0.3) is 0 Å². The second kappa shape index (κ2) is 30.4. The third-order valence-corrected chi connectivity index (χ3v) is 19.2. The van der Waals surface area contributed by atoms with Crippen LogP contribution in [0.1, 0.15) is 69.5 Å². The fraction of sp³-hybridized carbons (Fsp3) is 0.0612. The van der Waals surface area contributed by atoms with E-state index in [1.165, 1.54) is 65.3 Å². The SMILES string of the molecule is C/C=C/c1cc(N(c2ccccc2)c2ccccc2)c(/C=C/c2ccc3cc(C)ccc3c2)cc1N(c1ccccc1)c1ccccc1.C/C=C/c1cc(N(c2ccccc2)c2ccncc2)c(/C=C/c2cc3cc(C)c4cc(C)cc5cc(C)c(c2)c3c54)cc1N(c1ccccc1)c1ccncc1.